The number of likely N-dealkylation sites (tertiary alicyclic amines) is 1. The van der Waals surface area contributed by atoms with Crippen LogP contribution in [-0.4, -0.2) is 27.5 Å². The number of hydrogen-bond donors (Lipinski definition) is 1. The Morgan fingerprint density at radius 2 is 2.22 bits per heavy atom. The monoisotopic (exact) mass is 268 g/mol. The van der Waals surface area contributed by atoms with Crippen LogP contribution in [0.4, 0.5) is 5.13 Å². The molecule has 1 unspecified atom stereocenters. The highest BCUT2D eigenvalue weighted by molar-refractivity contribution is 7.15. The number of nitrogens with two attached hydrogens (primary N) is 1. The van der Waals surface area contributed by atoms with E-state index in [9.17, 15) is 4.79 Å². The zero-order chi connectivity index (χ0) is 13.1. The van der Waals surface area contributed by atoms with E-state index < -0.39 is 0 Å². The van der Waals surface area contributed by atoms with Gasteiger partial charge in [0.05, 0.1) is 6.54 Å². The van der Waals surface area contributed by atoms with E-state index in [1.54, 1.807) is 0 Å². The van der Waals surface area contributed by atoms with E-state index in [-0.39, 0.29) is 5.91 Å². The smallest absolute Gasteiger partial charge is 0.222 e. The van der Waals surface area contributed by atoms with Gasteiger partial charge in [0, 0.05) is 13.0 Å². The van der Waals surface area contributed by atoms with Crippen LogP contribution in [0.1, 0.15) is 38.1 Å². The predicted octanol–water partition coefficient (Wildman–Crippen LogP) is 1.91. The standard InChI is InChI=1S/C12H20N4OS/c1-8(2)9-3-4-11(17)16(6-5-9)7-10-14-15-12(13)18-10/h8-9H,3-7H2,1-2H3,(H2,13,15). The van der Waals surface area contributed by atoms with Crippen molar-refractivity contribution in [2.45, 2.75) is 39.7 Å². The Labute approximate surface area is 111 Å². The molecule has 0 aromatic carbocycles. The highest BCUT2D eigenvalue weighted by atomic mass is 32.1. The molecule has 1 amide bonds. The second-order valence-electron chi connectivity index (χ2n) is 5.18. The quantitative estimate of drug-likeness (QED) is 0.909. The molecule has 0 spiro atoms. The molecule has 2 N–H and O–H groups in total. The van der Waals surface area contributed by atoms with Crippen molar-refractivity contribution in [2.75, 3.05) is 12.3 Å². The van der Waals surface area contributed by atoms with Gasteiger partial charge in [-0.2, -0.15) is 0 Å². The van der Waals surface area contributed by atoms with E-state index in [0.717, 1.165) is 24.4 Å². The lowest BCUT2D eigenvalue weighted by molar-refractivity contribution is -0.131. The minimum Gasteiger partial charge on any atom is -0.374 e. The lowest BCUT2D eigenvalue weighted by atomic mass is 9.89. The minimum atomic E-state index is 0.229. The summed E-state index contributed by atoms with van der Waals surface area (Å²) in [6.07, 6.45) is 2.74. The molecule has 1 atom stereocenters. The molecule has 0 radical (unpaired) electrons. The van der Waals surface area contributed by atoms with Crippen molar-refractivity contribution in [3.05, 3.63) is 5.01 Å². The summed E-state index contributed by atoms with van der Waals surface area (Å²) in [4.78, 5) is 13.9. The van der Waals surface area contributed by atoms with Crippen LogP contribution in [0.3, 0.4) is 0 Å². The van der Waals surface area contributed by atoms with Crippen LogP contribution < -0.4 is 5.73 Å². The molecule has 1 aliphatic heterocycles. The highest BCUT2D eigenvalue weighted by Crippen LogP contribution is 2.26. The Kier molecular flexibility index (Phi) is 4.16. The predicted molar refractivity (Wildman–Crippen MR) is 71.9 cm³/mol. The zero-order valence-corrected chi connectivity index (χ0v) is 11.7. The van der Waals surface area contributed by atoms with Crippen molar-refractivity contribution in [1.29, 1.82) is 0 Å². The lowest BCUT2D eigenvalue weighted by Gasteiger charge is -2.20. The Morgan fingerprint density at radius 3 is 2.83 bits per heavy atom. The molecule has 5 nitrogen and oxygen atoms in total. The van der Waals surface area contributed by atoms with Gasteiger partial charge >= 0.3 is 0 Å². The number of carbonyl (C=O) groups is 1. The van der Waals surface area contributed by atoms with Crippen molar-refractivity contribution in [3.63, 3.8) is 0 Å². The topological polar surface area (TPSA) is 72.1 Å². The Bertz CT molecular complexity index is 418. The van der Waals surface area contributed by atoms with Crippen molar-refractivity contribution >= 4 is 22.4 Å². The first-order valence-electron chi connectivity index (χ1n) is 6.42. The van der Waals surface area contributed by atoms with Crippen molar-refractivity contribution in [2.24, 2.45) is 11.8 Å². The molecule has 6 heteroatoms. The maximum atomic E-state index is 12.0. The molecule has 0 bridgehead atoms. The molecular weight excluding hydrogens is 248 g/mol. The molecule has 2 rings (SSSR count). The van der Waals surface area contributed by atoms with Crippen LogP contribution in [0.2, 0.25) is 0 Å². The molecule has 1 aliphatic rings. The van der Waals surface area contributed by atoms with E-state index >= 15 is 0 Å². The lowest BCUT2D eigenvalue weighted by Crippen LogP contribution is -2.29. The van der Waals surface area contributed by atoms with E-state index in [4.69, 9.17) is 5.73 Å². The summed E-state index contributed by atoms with van der Waals surface area (Å²) < 4.78 is 0. The van der Waals surface area contributed by atoms with Gasteiger partial charge in [-0.15, -0.1) is 10.2 Å². The fourth-order valence-electron chi connectivity index (χ4n) is 2.39. The normalized spacial score (nSPS) is 21.4. The SMILES string of the molecule is CC(C)C1CCC(=O)N(Cc2nnc(N)s2)CC1. The Morgan fingerprint density at radius 1 is 1.44 bits per heavy atom. The van der Waals surface area contributed by atoms with Gasteiger partial charge in [0.1, 0.15) is 5.01 Å². The van der Waals surface area contributed by atoms with Crippen molar-refractivity contribution < 1.29 is 4.79 Å². The number of nitrogens with zero attached hydrogens (tertiary/aromatic N) is 3. The summed E-state index contributed by atoms with van der Waals surface area (Å²) in [5, 5.41) is 9.05. The maximum Gasteiger partial charge on any atom is 0.222 e. The molecule has 0 saturated carbocycles. The minimum absolute atomic E-state index is 0.229. The van der Waals surface area contributed by atoms with E-state index in [0.29, 0.717) is 29.9 Å². The van der Waals surface area contributed by atoms with E-state index in [1.165, 1.54) is 11.3 Å². The number of amides is 1. The molecule has 1 saturated heterocycles. The molecule has 2 heterocycles. The molecular formula is C12H20N4OS. The summed E-state index contributed by atoms with van der Waals surface area (Å²) in [6.45, 7) is 5.84. The number of carbonyl (C=O) groups excluding carboxylic acids is 1. The van der Waals surface area contributed by atoms with Crippen LogP contribution >= 0.6 is 11.3 Å². The van der Waals surface area contributed by atoms with Gasteiger partial charge in [-0.1, -0.05) is 25.2 Å². The number of nitrogen functional groups attached to an aromatic ring is 1. The number of aromatic nitrogens is 2. The first kappa shape index (κ1) is 13.3. The molecule has 1 aromatic rings. The first-order valence-corrected chi connectivity index (χ1v) is 7.23. The number of rotatable bonds is 3. The first-order chi connectivity index (χ1) is 8.56. The highest BCUT2D eigenvalue weighted by Gasteiger charge is 2.24. The fraction of sp³-hybridized carbons (Fsp3) is 0.750. The molecule has 18 heavy (non-hydrogen) atoms. The van der Waals surface area contributed by atoms with E-state index in [2.05, 4.69) is 24.0 Å². The second kappa shape index (κ2) is 5.65. The van der Waals surface area contributed by atoms with Gasteiger partial charge in [0.15, 0.2) is 0 Å². The van der Waals surface area contributed by atoms with Crippen molar-refractivity contribution in [1.82, 2.24) is 15.1 Å². The Hall–Kier alpha value is -1.17. The third kappa shape index (κ3) is 3.19. The van der Waals surface area contributed by atoms with Gasteiger partial charge in [0.25, 0.3) is 0 Å². The van der Waals surface area contributed by atoms with Crippen LogP contribution in [0, 0.1) is 11.8 Å². The molecule has 100 valence electrons. The van der Waals surface area contributed by atoms with Crippen LogP contribution in [-0.2, 0) is 11.3 Å². The summed E-state index contributed by atoms with van der Waals surface area (Å²) in [7, 11) is 0. The Balaban J connectivity index is 1.98. The van der Waals surface area contributed by atoms with Crippen LogP contribution in [0.5, 0.6) is 0 Å². The van der Waals surface area contributed by atoms with Gasteiger partial charge in [-0.25, -0.2) is 0 Å². The number of hydrogen-bond acceptors (Lipinski definition) is 5. The molecule has 0 aliphatic carbocycles. The average Bonchev–Trinajstić information content (AvgIpc) is 2.62. The third-order valence-electron chi connectivity index (χ3n) is 3.60. The van der Waals surface area contributed by atoms with Gasteiger partial charge in [0.2, 0.25) is 11.0 Å². The summed E-state index contributed by atoms with van der Waals surface area (Å²) in [5.74, 6) is 1.53. The van der Waals surface area contributed by atoms with E-state index in [1.807, 2.05) is 4.90 Å². The average molecular weight is 268 g/mol. The number of anilines is 1. The summed E-state index contributed by atoms with van der Waals surface area (Å²) in [5.41, 5.74) is 5.55. The summed E-state index contributed by atoms with van der Waals surface area (Å²) >= 11 is 1.36. The largest absolute Gasteiger partial charge is 0.374 e. The maximum absolute atomic E-state index is 12.0. The van der Waals surface area contributed by atoms with Gasteiger partial charge in [-0.05, 0) is 24.7 Å². The van der Waals surface area contributed by atoms with Crippen LogP contribution in [0.15, 0.2) is 0 Å². The third-order valence-corrected chi connectivity index (χ3v) is 4.34. The van der Waals surface area contributed by atoms with Gasteiger partial charge in [-0.3, -0.25) is 4.79 Å². The zero-order valence-electron chi connectivity index (χ0n) is 10.9. The van der Waals surface area contributed by atoms with Crippen LogP contribution in [0.25, 0.3) is 0 Å². The van der Waals surface area contributed by atoms with Gasteiger partial charge < -0.3 is 10.6 Å². The molecule has 1 aromatic heterocycles. The van der Waals surface area contributed by atoms with Crippen molar-refractivity contribution in [3.8, 4) is 0 Å². The fourth-order valence-corrected chi connectivity index (χ4v) is 3.01. The second-order valence-corrected chi connectivity index (χ2v) is 6.27. The summed E-state index contributed by atoms with van der Waals surface area (Å²) in [6, 6.07) is 0. The molecule has 1 fully saturated rings.